The van der Waals surface area contributed by atoms with Crippen molar-refractivity contribution >= 4 is 55.1 Å². The van der Waals surface area contributed by atoms with E-state index < -0.39 is 0 Å². The average Bonchev–Trinajstić information content (AvgIpc) is 1.84. The van der Waals surface area contributed by atoms with E-state index in [0.717, 1.165) is 0 Å². The van der Waals surface area contributed by atoms with Gasteiger partial charge in [-0.2, -0.15) is 0 Å². The van der Waals surface area contributed by atoms with E-state index in [1.165, 1.54) is 0 Å². The van der Waals surface area contributed by atoms with Gasteiger partial charge >= 0.3 is 0 Å². The Bertz CT molecular complexity index is 214. The van der Waals surface area contributed by atoms with Crippen molar-refractivity contribution in [2.45, 2.75) is 0 Å². The minimum absolute atomic E-state index is 0.508. The van der Waals surface area contributed by atoms with Gasteiger partial charge in [-0.1, -0.05) is 23.2 Å². The van der Waals surface area contributed by atoms with Crippen LogP contribution in [0.1, 0.15) is 0 Å². The van der Waals surface area contributed by atoms with Crippen LogP contribution in [0.5, 0.6) is 0 Å². The molecule has 0 aliphatic carbocycles. The minimum Gasteiger partial charge on any atom is -0.231 e. The SMILES string of the molecule is Clc1cc(Cl)c(Br)nc1Br. The Kier molecular flexibility index (Phi) is 2.98. The third-order valence-electron chi connectivity index (χ3n) is 0.844. The fourth-order valence-electron chi connectivity index (χ4n) is 0.423. The molecule has 1 nitrogen and oxygen atoms in total. The number of nitrogens with zero attached hydrogens (tertiary/aromatic N) is 1. The molecule has 10 heavy (non-hydrogen) atoms. The third kappa shape index (κ3) is 1.84. The second-order valence-corrected chi connectivity index (χ2v) is 3.85. The predicted molar refractivity (Wildman–Crippen MR) is 49.7 cm³/mol. The molecule has 0 aliphatic heterocycles. The average molecular weight is 306 g/mol. The molecule has 0 spiro atoms. The minimum atomic E-state index is 0.508. The second kappa shape index (κ2) is 3.39. The third-order valence-corrected chi connectivity index (χ3v) is 3.09. The first-order valence-electron chi connectivity index (χ1n) is 2.28. The molecule has 0 aliphatic rings. The lowest BCUT2D eigenvalue weighted by molar-refractivity contribution is 1.23. The van der Waals surface area contributed by atoms with Crippen molar-refractivity contribution in [2.75, 3.05) is 0 Å². The number of aromatic nitrogens is 1. The Morgan fingerprint density at radius 3 is 1.80 bits per heavy atom. The molecule has 54 valence electrons. The van der Waals surface area contributed by atoms with Gasteiger partial charge in [0.25, 0.3) is 0 Å². The molecule has 0 fully saturated rings. The quantitative estimate of drug-likeness (QED) is 0.662. The van der Waals surface area contributed by atoms with Gasteiger partial charge in [-0.15, -0.1) is 0 Å². The Balaban J connectivity index is 3.28. The van der Waals surface area contributed by atoms with Crippen LogP contribution < -0.4 is 0 Å². The van der Waals surface area contributed by atoms with E-state index in [1.807, 2.05) is 0 Å². The van der Waals surface area contributed by atoms with E-state index in [0.29, 0.717) is 19.3 Å². The fourth-order valence-corrected chi connectivity index (χ4v) is 1.60. The molecule has 0 atom stereocenters. The van der Waals surface area contributed by atoms with E-state index in [1.54, 1.807) is 6.07 Å². The van der Waals surface area contributed by atoms with Crippen LogP contribution in [0.4, 0.5) is 0 Å². The molecule has 0 saturated carbocycles. The maximum atomic E-state index is 5.67. The number of hydrogen-bond donors (Lipinski definition) is 0. The van der Waals surface area contributed by atoms with Crippen LogP contribution in [0.3, 0.4) is 0 Å². The summed E-state index contributed by atoms with van der Waals surface area (Å²) in [6.45, 7) is 0. The highest BCUT2D eigenvalue weighted by molar-refractivity contribution is 9.11. The Morgan fingerprint density at radius 1 is 1.10 bits per heavy atom. The van der Waals surface area contributed by atoms with Crippen LogP contribution in [-0.2, 0) is 0 Å². The van der Waals surface area contributed by atoms with Crippen molar-refractivity contribution in [3.05, 3.63) is 25.3 Å². The predicted octanol–water partition coefficient (Wildman–Crippen LogP) is 3.91. The lowest BCUT2D eigenvalue weighted by atomic mass is 10.5. The van der Waals surface area contributed by atoms with Gasteiger partial charge in [0.15, 0.2) is 0 Å². The molecule has 0 amide bonds. The van der Waals surface area contributed by atoms with Gasteiger partial charge < -0.3 is 0 Å². The van der Waals surface area contributed by atoms with Crippen LogP contribution in [0.2, 0.25) is 10.0 Å². The normalized spacial score (nSPS) is 10.0. The molecule has 1 heterocycles. The highest BCUT2D eigenvalue weighted by Crippen LogP contribution is 2.28. The lowest BCUT2D eigenvalue weighted by Gasteiger charge is -1.96. The molecule has 5 heteroatoms. The molecule has 0 saturated heterocycles. The summed E-state index contributed by atoms with van der Waals surface area (Å²) >= 11 is 17.6. The summed E-state index contributed by atoms with van der Waals surface area (Å²) in [7, 11) is 0. The van der Waals surface area contributed by atoms with Crippen LogP contribution in [0, 0.1) is 0 Å². The molecule has 1 aromatic rings. The Hall–Kier alpha value is 0.690. The first kappa shape index (κ1) is 8.78. The maximum Gasteiger partial charge on any atom is 0.126 e. The van der Waals surface area contributed by atoms with Crippen LogP contribution in [0.15, 0.2) is 15.3 Å². The molecule has 0 unspecified atom stereocenters. The van der Waals surface area contributed by atoms with Gasteiger partial charge in [0.05, 0.1) is 10.0 Å². The molecule has 0 N–H and O–H groups in total. The fraction of sp³-hybridized carbons (Fsp3) is 0. The van der Waals surface area contributed by atoms with E-state index in [9.17, 15) is 0 Å². The second-order valence-electron chi connectivity index (χ2n) is 1.53. The molecule has 0 radical (unpaired) electrons. The van der Waals surface area contributed by atoms with E-state index >= 15 is 0 Å². The highest BCUT2D eigenvalue weighted by atomic mass is 79.9. The lowest BCUT2D eigenvalue weighted by Crippen LogP contribution is -1.79. The first-order valence-corrected chi connectivity index (χ1v) is 4.62. The van der Waals surface area contributed by atoms with Crippen LogP contribution >= 0.6 is 55.1 Å². The van der Waals surface area contributed by atoms with Crippen LogP contribution in [0.25, 0.3) is 0 Å². The number of pyridine rings is 1. The highest BCUT2D eigenvalue weighted by Gasteiger charge is 2.03. The number of rotatable bonds is 0. The summed E-state index contributed by atoms with van der Waals surface area (Å²) in [5, 5.41) is 1.02. The standard InChI is InChI=1S/C5HBr2Cl2N/c6-4-2(8)1-3(9)5(7)10-4/h1H. The maximum absolute atomic E-state index is 5.67. The van der Waals surface area contributed by atoms with Crippen LogP contribution in [-0.4, -0.2) is 4.98 Å². The molecule has 1 aromatic heterocycles. The molecule has 0 aromatic carbocycles. The zero-order chi connectivity index (χ0) is 7.72. The number of halogens is 4. The topological polar surface area (TPSA) is 12.9 Å². The summed E-state index contributed by atoms with van der Waals surface area (Å²) < 4.78 is 1.18. The van der Waals surface area contributed by atoms with E-state index in [2.05, 4.69) is 36.8 Å². The van der Waals surface area contributed by atoms with Gasteiger partial charge in [0.2, 0.25) is 0 Å². The summed E-state index contributed by atoms with van der Waals surface area (Å²) in [6.07, 6.45) is 0. The van der Waals surface area contributed by atoms with E-state index in [-0.39, 0.29) is 0 Å². The largest absolute Gasteiger partial charge is 0.231 e. The zero-order valence-corrected chi connectivity index (χ0v) is 9.22. The number of hydrogen-bond acceptors (Lipinski definition) is 1. The van der Waals surface area contributed by atoms with Crippen molar-refractivity contribution < 1.29 is 0 Å². The molecular formula is C5HBr2Cl2N. The van der Waals surface area contributed by atoms with E-state index in [4.69, 9.17) is 23.2 Å². The van der Waals surface area contributed by atoms with Gasteiger partial charge in [0, 0.05) is 0 Å². The summed E-state index contributed by atoms with van der Waals surface area (Å²) in [6, 6.07) is 1.62. The van der Waals surface area contributed by atoms with Crippen molar-refractivity contribution in [2.24, 2.45) is 0 Å². The summed E-state index contributed by atoms with van der Waals surface area (Å²) in [5.41, 5.74) is 0. The smallest absolute Gasteiger partial charge is 0.126 e. The Labute approximate surface area is 85.0 Å². The monoisotopic (exact) mass is 303 g/mol. The first-order chi connectivity index (χ1) is 4.61. The molecule has 0 bridgehead atoms. The van der Waals surface area contributed by atoms with Crippen molar-refractivity contribution in [1.82, 2.24) is 4.98 Å². The molecular weight excluding hydrogens is 305 g/mol. The van der Waals surface area contributed by atoms with Gasteiger partial charge in [-0.25, -0.2) is 4.98 Å². The van der Waals surface area contributed by atoms with Gasteiger partial charge in [0.1, 0.15) is 9.21 Å². The van der Waals surface area contributed by atoms with Crippen molar-refractivity contribution in [3.8, 4) is 0 Å². The zero-order valence-electron chi connectivity index (χ0n) is 4.54. The van der Waals surface area contributed by atoms with Gasteiger partial charge in [-0.3, -0.25) is 0 Å². The molecule has 1 rings (SSSR count). The summed E-state index contributed by atoms with van der Waals surface area (Å²) in [5.74, 6) is 0. The Morgan fingerprint density at radius 2 is 1.50 bits per heavy atom. The van der Waals surface area contributed by atoms with Gasteiger partial charge in [-0.05, 0) is 37.9 Å². The summed E-state index contributed by atoms with van der Waals surface area (Å²) in [4.78, 5) is 3.94. The van der Waals surface area contributed by atoms with Crippen molar-refractivity contribution in [3.63, 3.8) is 0 Å². The van der Waals surface area contributed by atoms with Crippen molar-refractivity contribution in [1.29, 1.82) is 0 Å².